The number of rotatable bonds is 2. The Balaban J connectivity index is 1.99. The molecule has 0 radical (unpaired) electrons. The molecule has 2 heterocycles. The maximum atomic E-state index is 12.6. The summed E-state index contributed by atoms with van der Waals surface area (Å²) >= 11 is 0. The standard InChI is InChI=1S/C15H16N2O2/c1-16-13-14-11(8-10-19-14)7-9-17(15(13)18)12-5-3-2-4-6-12/h2-6,8,10,13,16H,7,9H2,1H3. The van der Waals surface area contributed by atoms with E-state index in [1.807, 2.05) is 41.3 Å². The highest BCUT2D eigenvalue weighted by molar-refractivity contribution is 5.98. The molecule has 4 nitrogen and oxygen atoms in total. The van der Waals surface area contributed by atoms with Crippen LogP contribution in [0.4, 0.5) is 5.69 Å². The summed E-state index contributed by atoms with van der Waals surface area (Å²) in [4.78, 5) is 14.5. The number of nitrogens with zero attached hydrogens (tertiary/aromatic N) is 1. The highest BCUT2D eigenvalue weighted by Crippen LogP contribution is 2.28. The minimum atomic E-state index is -0.410. The number of hydrogen-bond acceptors (Lipinski definition) is 3. The van der Waals surface area contributed by atoms with Crippen LogP contribution >= 0.6 is 0 Å². The van der Waals surface area contributed by atoms with Gasteiger partial charge in [0.15, 0.2) is 0 Å². The van der Waals surface area contributed by atoms with Crippen LogP contribution in [-0.2, 0) is 11.2 Å². The smallest absolute Gasteiger partial charge is 0.251 e. The van der Waals surface area contributed by atoms with Gasteiger partial charge >= 0.3 is 0 Å². The van der Waals surface area contributed by atoms with Crippen molar-refractivity contribution in [3.05, 3.63) is 54.0 Å². The third-order valence-corrected chi connectivity index (χ3v) is 3.52. The van der Waals surface area contributed by atoms with Gasteiger partial charge in [-0.2, -0.15) is 0 Å². The molecule has 0 aliphatic carbocycles. The van der Waals surface area contributed by atoms with E-state index in [4.69, 9.17) is 4.42 Å². The SMILES string of the molecule is CNC1C(=O)N(c2ccccc2)CCc2ccoc21. The summed E-state index contributed by atoms with van der Waals surface area (Å²) in [5.41, 5.74) is 2.03. The fourth-order valence-corrected chi connectivity index (χ4v) is 2.54. The van der Waals surface area contributed by atoms with E-state index in [1.54, 1.807) is 13.3 Å². The molecule has 1 aliphatic rings. The molecule has 0 bridgehead atoms. The van der Waals surface area contributed by atoms with Crippen LogP contribution in [0.1, 0.15) is 17.4 Å². The Labute approximate surface area is 112 Å². The molecule has 2 aromatic rings. The molecule has 19 heavy (non-hydrogen) atoms. The maximum Gasteiger partial charge on any atom is 0.251 e. The second-order valence-electron chi connectivity index (χ2n) is 4.61. The van der Waals surface area contributed by atoms with Gasteiger partial charge in [0.1, 0.15) is 11.8 Å². The summed E-state index contributed by atoms with van der Waals surface area (Å²) in [6, 6.07) is 11.3. The van der Waals surface area contributed by atoms with Gasteiger partial charge in [-0.05, 0) is 37.2 Å². The van der Waals surface area contributed by atoms with Gasteiger partial charge in [0.25, 0.3) is 5.91 Å². The number of carbonyl (C=O) groups is 1. The fraction of sp³-hybridized carbons (Fsp3) is 0.267. The Hall–Kier alpha value is -2.07. The van der Waals surface area contributed by atoms with E-state index in [2.05, 4.69) is 5.32 Å². The normalized spacial score (nSPS) is 19.1. The fourth-order valence-electron chi connectivity index (χ4n) is 2.54. The monoisotopic (exact) mass is 256 g/mol. The number of amides is 1. The molecule has 4 heteroatoms. The Kier molecular flexibility index (Phi) is 3.09. The quantitative estimate of drug-likeness (QED) is 0.895. The highest BCUT2D eigenvalue weighted by atomic mass is 16.3. The van der Waals surface area contributed by atoms with E-state index < -0.39 is 6.04 Å². The van der Waals surface area contributed by atoms with Crippen molar-refractivity contribution in [2.75, 3.05) is 18.5 Å². The van der Waals surface area contributed by atoms with Gasteiger partial charge in [0.2, 0.25) is 0 Å². The molecule has 1 atom stereocenters. The Bertz CT molecular complexity index is 577. The molecule has 1 aromatic carbocycles. The summed E-state index contributed by atoms with van der Waals surface area (Å²) in [6.45, 7) is 0.674. The van der Waals surface area contributed by atoms with Gasteiger partial charge in [-0.3, -0.25) is 4.79 Å². The lowest BCUT2D eigenvalue weighted by molar-refractivity contribution is -0.120. The summed E-state index contributed by atoms with van der Waals surface area (Å²) in [5, 5.41) is 3.05. The number of benzene rings is 1. The molecular weight excluding hydrogens is 240 g/mol. The lowest BCUT2D eigenvalue weighted by atomic mass is 10.1. The zero-order valence-corrected chi connectivity index (χ0v) is 10.8. The summed E-state index contributed by atoms with van der Waals surface area (Å²) in [7, 11) is 1.78. The molecule has 1 N–H and O–H groups in total. The van der Waals surface area contributed by atoms with Crippen molar-refractivity contribution in [3.8, 4) is 0 Å². The van der Waals surface area contributed by atoms with Gasteiger partial charge in [0, 0.05) is 12.2 Å². The first-order valence-electron chi connectivity index (χ1n) is 6.41. The van der Waals surface area contributed by atoms with Crippen LogP contribution in [0.25, 0.3) is 0 Å². The van der Waals surface area contributed by atoms with E-state index in [0.717, 1.165) is 23.4 Å². The number of para-hydroxylation sites is 1. The van der Waals surface area contributed by atoms with E-state index in [-0.39, 0.29) is 5.91 Å². The van der Waals surface area contributed by atoms with Crippen molar-refractivity contribution >= 4 is 11.6 Å². The first-order chi connectivity index (χ1) is 9.31. The first-order valence-corrected chi connectivity index (χ1v) is 6.41. The molecule has 98 valence electrons. The molecule has 1 unspecified atom stereocenters. The van der Waals surface area contributed by atoms with Gasteiger partial charge in [-0.15, -0.1) is 0 Å². The molecule has 0 saturated carbocycles. The van der Waals surface area contributed by atoms with Crippen LogP contribution in [-0.4, -0.2) is 19.5 Å². The molecule has 1 aromatic heterocycles. The van der Waals surface area contributed by atoms with E-state index in [0.29, 0.717) is 6.54 Å². The minimum absolute atomic E-state index is 0.0300. The third-order valence-electron chi connectivity index (χ3n) is 3.52. The van der Waals surface area contributed by atoms with Crippen molar-refractivity contribution in [1.82, 2.24) is 5.32 Å². The molecule has 1 aliphatic heterocycles. The first kappa shape index (κ1) is 12.0. The topological polar surface area (TPSA) is 45.5 Å². The van der Waals surface area contributed by atoms with Crippen LogP contribution < -0.4 is 10.2 Å². The van der Waals surface area contributed by atoms with E-state index in [9.17, 15) is 4.79 Å². The van der Waals surface area contributed by atoms with Crippen LogP contribution in [0, 0.1) is 0 Å². The highest BCUT2D eigenvalue weighted by Gasteiger charge is 2.32. The Morgan fingerprint density at radius 1 is 1.26 bits per heavy atom. The van der Waals surface area contributed by atoms with Gasteiger partial charge in [-0.1, -0.05) is 18.2 Å². The average molecular weight is 256 g/mol. The number of hydrogen-bond donors (Lipinski definition) is 1. The van der Waals surface area contributed by atoms with Crippen molar-refractivity contribution in [1.29, 1.82) is 0 Å². The van der Waals surface area contributed by atoms with Crippen molar-refractivity contribution in [2.45, 2.75) is 12.5 Å². The van der Waals surface area contributed by atoms with Crippen molar-refractivity contribution in [3.63, 3.8) is 0 Å². The summed E-state index contributed by atoms with van der Waals surface area (Å²) < 4.78 is 5.48. The molecule has 0 spiro atoms. The summed E-state index contributed by atoms with van der Waals surface area (Å²) in [6.07, 6.45) is 2.46. The van der Waals surface area contributed by atoms with Crippen LogP contribution in [0.15, 0.2) is 47.1 Å². The predicted octanol–water partition coefficient (Wildman–Crippen LogP) is 2.13. The van der Waals surface area contributed by atoms with Gasteiger partial charge in [-0.25, -0.2) is 0 Å². The second-order valence-corrected chi connectivity index (χ2v) is 4.61. The van der Waals surface area contributed by atoms with E-state index in [1.165, 1.54) is 0 Å². The van der Waals surface area contributed by atoms with Gasteiger partial charge in [0.05, 0.1) is 6.26 Å². The zero-order valence-electron chi connectivity index (χ0n) is 10.8. The molecule has 0 fully saturated rings. The zero-order chi connectivity index (χ0) is 13.2. The lowest BCUT2D eigenvalue weighted by Crippen LogP contribution is -2.39. The number of likely N-dealkylation sites (N-methyl/N-ethyl adjacent to an activating group) is 1. The van der Waals surface area contributed by atoms with E-state index >= 15 is 0 Å². The average Bonchev–Trinajstić information content (AvgIpc) is 2.85. The lowest BCUT2D eigenvalue weighted by Gasteiger charge is -2.23. The van der Waals surface area contributed by atoms with Gasteiger partial charge < -0.3 is 14.6 Å². The van der Waals surface area contributed by atoms with Crippen LogP contribution in [0.2, 0.25) is 0 Å². The Morgan fingerprint density at radius 2 is 2.05 bits per heavy atom. The molecule has 1 amide bonds. The third kappa shape index (κ3) is 2.04. The Morgan fingerprint density at radius 3 is 2.79 bits per heavy atom. The van der Waals surface area contributed by atoms with Crippen LogP contribution in [0.3, 0.4) is 0 Å². The predicted molar refractivity (Wildman–Crippen MR) is 73.0 cm³/mol. The number of carbonyl (C=O) groups excluding carboxylic acids is 1. The van der Waals surface area contributed by atoms with Crippen molar-refractivity contribution in [2.24, 2.45) is 0 Å². The molecular formula is C15H16N2O2. The number of fused-ring (bicyclic) bond motifs is 1. The number of nitrogens with one attached hydrogen (secondary N) is 1. The number of furan rings is 1. The summed E-state index contributed by atoms with van der Waals surface area (Å²) in [5.74, 6) is 0.772. The molecule has 0 saturated heterocycles. The van der Waals surface area contributed by atoms with Crippen molar-refractivity contribution < 1.29 is 9.21 Å². The molecule has 3 rings (SSSR count). The second kappa shape index (κ2) is 4.90. The minimum Gasteiger partial charge on any atom is -0.467 e. The van der Waals surface area contributed by atoms with Crippen LogP contribution in [0.5, 0.6) is 0 Å². The number of anilines is 1. The largest absolute Gasteiger partial charge is 0.467 e. The maximum absolute atomic E-state index is 12.6.